The monoisotopic (exact) mass is 576 g/mol. The second-order valence-corrected chi connectivity index (χ2v) is 12.4. The Kier molecular flexibility index (Phi) is 7.59. The van der Waals surface area contributed by atoms with E-state index in [0.717, 1.165) is 6.16 Å². The zero-order chi connectivity index (χ0) is 22.2. The van der Waals surface area contributed by atoms with Gasteiger partial charge in [-0.1, -0.05) is 54.6 Å². The van der Waals surface area contributed by atoms with Gasteiger partial charge in [0, 0.05) is 7.11 Å². The first kappa shape index (κ1) is 24.8. The van der Waals surface area contributed by atoms with Crippen molar-refractivity contribution in [2.75, 3.05) is 13.3 Å². The molecule has 2 fully saturated rings. The van der Waals surface area contributed by atoms with Gasteiger partial charge in [-0.15, -0.1) is 0 Å². The van der Waals surface area contributed by atoms with Crippen LogP contribution in [0.2, 0.25) is 0 Å². The van der Waals surface area contributed by atoms with E-state index >= 15 is 0 Å². The van der Waals surface area contributed by atoms with Crippen LogP contribution >= 0.6 is 7.26 Å². The zero-order valence-corrected chi connectivity index (χ0v) is 22.2. The van der Waals surface area contributed by atoms with Crippen LogP contribution in [0.4, 0.5) is 0 Å². The van der Waals surface area contributed by atoms with Crippen LogP contribution in [0.3, 0.4) is 0 Å². The molecular weight excluding hydrogens is 546 g/mol. The Balaban J connectivity index is 0.00000259. The number of halogens is 1. The fourth-order valence-corrected chi connectivity index (χ4v) is 9.46. The lowest BCUT2D eigenvalue weighted by atomic mass is 10.1. The third-order valence-corrected chi connectivity index (χ3v) is 10.8. The summed E-state index contributed by atoms with van der Waals surface area (Å²) in [6.07, 6.45) is -0.183. The van der Waals surface area contributed by atoms with Gasteiger partial charge in [0.25, 0.3) is 0 Å². The molecule has 0 spiro atoms. The number of fused-ring (bicyclic) bond motifs is 1. The minimum Gasteiger partial charge on any atom is -1.00 e. The molecule has 6 heteroatoms. The molecule has 5 rings (SSSR count). The predicted octanol–water partition coefficient (Wildman–Crippen LogP) is 0.876. The van der Waals surface area contributed by atoms with Gasteiger partial charge in [-0.25, -0.2) is 0 Å². The molecule has 3 aromatic carbocycles. The number of benzene rings is 3. The molecule has 2 heterocycles. The van der Waals surface area contributed by atoms with E-state index in [4.69, 9.17) is 18.9 Å². The molecular formula is C27H30IO4P. The van der Waals surface area contributed by atoms with Crippen molar-refractivity contribution < 1.29 is 42.9 Å². The molecule has 4 atom stereocenters. The maximum absolute atomic E-state index is 6.45. The van der Waals surface area contributed by atoms with E-state index in [0.29, 0.717) is 0 Å². The summed E-state index contributed by atoms with van der Waals surface area (Å²) in [4.78, 5) is 0. The third-order valence-electron chi connectivity index (χ3n) is 6.38. The lowest BCUT2D eigenvalue weighted by Gasteiger charge is -2.31. The van der Waals surface area contributed by atoms with Gasteiger partial charge in [-0.2, -0.15) is 0 Å². The quantitative estimate of drug-likeness (QED) is 0.323. The third kappa shape index (κ3) is 4.64. The van der Waals surface area contributed by atoms with Gasteiger partial charge in [0.2, 0.25) is 0 Å². The van der Waals surface area contributed by atoms with Crippen LogP contribution in [-0.4, -0.2) is 43.7 Å². The molecule has 0 unspecified atom stereocenters. The van der Waals surface area contributed by atoms with Crippen molar-refractivity contribution in [1.29, 1.82) is 0 Å². The SMILES string of the molecule is CO[C@@H]1O[C@H](C[P+](c2ccccc2)(c2ccccc2)c2ccccc2)[C@H]2OC(C)(C)O[C@@H]12.[I-]. The molecule has 0 radical (unpaired) electrons. The normalized spacial score (nSPS) is 25.9. The highest BCUT2D eigenvalue weighted by Crippen LogP contribution is 2.58. The van der Waals surface area contributed by atoms with Crippen LogP contribution in [0, 0.1) is 0 Å². The average molecular weight is 576 g/mol. The molecule has 2 aliphatic heterocycles. The van der Waals surface area contributed by atoms with Crippen LogP contribution < -0.4 is 39.9 Å². The summed E-state index contributed by atoms with van der Waals surface area (Å²) in [7, 11) is -0.373. The van der Waals surface area contributed by atoms with Gasteiger partial charge < -0.3 is 42.9 Å². The van der Waals surface area contributed by atoms with Crippen molar-refractivity contribution in [2.45, 2.75) is 44.2 Å². The number of rotatable bonds is 6. The first-order chi connectivity index (χ1) is 15.5. The molecule has 0 N–H and O–H groups in total. The summed E-state index contributed by atoms with van der Waals surface area (Å²) in [5.41, 5.74) is 0. The van der Waals surface area contributed by atoms with Gasteiger partial charge in [0.05, 0.1) is 0 Å². The number of ether oxygens (including phenoxy) is 4. The fraction of sp³-hybridized carbons (Fsp3) is 0.333. The summed E-state index contributed by atoms with van der Waals surface area (Å²) < 4.78 is 24.7. The molecule has 0 amide bonds. The van der Waals surface area contributed by atoms with Crippen molar-refractivity contribution in [3.05, 3.63) is 91.0 Å². The van der Waals surface area contributed by atoms with Crippen LogP contribution in [0.15, 0.2) is 91.0 Å². The Bertz CT molecular complexity index is 935. The number of hydrogen-bond acceptors (Lipinski definition) is 4. The van der Waals surface area contributed by atoms with Gasteiger partial charge >= 0.3 is 0 Å². The maximum Gasteiger partial charge on any atom is 0.186 e. The van der Waals surface area contributed by atoms with Gasteiger partial charge in [-0.05, 0) is 50.2 Å². The van der Waals surface area contributed by atoms with E-state index in [-0.39, 0.29) is 42.3 Å². The molecule has 174 valence electrons. The van der Waals surface area contributed by atoms with Crippen LogP contribution in [-0.2, 0) is 18.9 Å². The van der Waals surface area contributed by atoms with Crippen molar-refractivity contribution in [1.82, 2.24) is 0 Å². The summed E-state index contributed by atoms with van der Waals surface area (Å²) in [6.45, 7) is 3.92. The van der Waals surface area contributed by atoms with Crippen molar-refractivity contribution >= 4 is 23.2 Å². The van der Waals surface area contributed by atoms with Crippen LogP contribution in [0.25, 0.3) is 0 Å². The zero-order valence-electron chi connectivity index (χ0n) is 19.1. The minimum atomic E-state index is -2.05. The van der Waals surface area contributed by atoms with Crippen molar-refractivity contribution in [2.24, 2.45) is 0 Å². The molecule has 2 saturated heterocycles. The van der Waals surface area contributed by atoms with Gasteiger partial charge in [0.1, 0.15) is 47.6 Å². The lowest BCUT2D eigenvalue weighted by molar-refractivity contribution is -0.224. The molecule has 0 aromatic heterocycles. The molecule has 2 aliphatic rings. The van der Waals surface area contributed by atoms with E-state index in [1.807, 2.05) is 13.8 Å². The number of methoxy groups -OCH3 is 1. The smallest absolute Gasteiger partial charge is 0.186 e. The first-order valence-corrected chi connectivity index (χ1v) is 13.1. The second-order valence-electron chi connectivity index (χ2n) is 8.84. The molecule has 0 bridgehead atoms. The summed E-state index contributed by atoms with van der Waals surface area (Å²) >= 11 is 0. The van der Waals surface area contributed by atoms with Crippen molar-refractivity contribution in [3.8, 4) is 0 Å². The van der Waals surface area contributed by atoms with Crippen LogP contribution in [0.1, 0.15) is 13.8 Å². The molecule has 4 nitrogen and oxygen atoms in total. The predicted molar refractivity (Wildman–Crippen MR) is 130 cm³/mol. The lowest BCUT2D eigenvalue weighted by Crippen LogP contribution is -3.00. The highest BCUT2D eigenvalue weighted by molar-refractivity contribution is 7.95. The largest absolute Gasteiger partial charge is 1.00 e. The summed E-state index contributed by atoms with van der Waals surface area (Å²) in [6, 6.07) is 32.5. The standard InChI is InChI=1S/C27H30O4P.HI/c1-27(2)30-24-23(29-26(28-3)25(24)31-27)19-32(20-13-7-4-8-14-20,21-15-9-5-10-16-21)22-17-11-6-12-18-22;/h4-18,23-26H,19H2,1-3H3;1H/q+1;/p-1/t23-,24-,25-,26-;/m1./s1. The number of hydrogen-bond donors (Lipinski definition) is 0. The van der Waals surface area contributed by atoms with E-state index in [9.17, 15) is 0 Å². The van der Waals surface area contributed by atoms with E-state index in [2.05, 4.69) is 91.0 Å². The molecule has 0 saturated carbocycles. The van der Waals surface area contributed by atoms with Crippen molar-refractivity contribution in [3.63, 3.8) is 0 Å². The highest BCUT2D eigenvalue weighted by Gasteiger charge is 2.60. The molecule has 0 aliphatic carbocycles. The van der Waals surface area contributed by atoms with Crippen LogP contribution in [0.5, 0.6) is 0 Å². The first-order valence-electron chi connectivity index (χ1n) is 11.1. The highest BCUT2D eigenvalue weighted by atomic mass is 127. The Morgan fingerprint density at radius 2 is 1.15 bits per heavy atom. The Hall–Kier alpha value is -1.34. The topological polar surface area (TPSA) is 36.9 Å². The second kappa shape index (κ2) is 10.1. The Labute approximate surface area is 214 Å². The summed E-state index contributed by atoms with van der Waals surface area (Å²) in [5, 5.41) is 3.99. The maximum atomic E-state index is 6.45. The van der Waals surface area contributed by atoms with E-state index in [1.54, 1.807) is 7.11 Å². The molecule has 3 aromatic rings. The summed E-state index contributed by atoms with van der Waals surface area (Å²) in [5.74, 6) is -0.651. The van der Waals surface area contributed by atoms with E-state index < -0.39 is 19.3 Å². The van der Waals surface area contributed by atoms with Gasteiger partial charge in [-0.3, -0.25) is 0 Å². The van der Waals surface area contributed by atoms with Gasteiger partial charge in [0.15, 0.2) is 12.1 Å². The molecule has 33 heavy (non-hydrogen) atoms. The Morgan fingerprint density at radius 1 is 0.727 bits per heavy atom. The minimum absolute atomic E-state index is 0. The average Bonchev–Trinajstić information content (AvgIpc) is 3.32. The Morgan fingerprint density at radius 3 is 1.58 bits per heavy atom. The fourth-order valence-electron chi connectivity index (χ4n) is 5.06. The van der Waals surface area contributed by atoms with E-state index in [1.165, 1.54) is 15.9 Å².